The molecule has 34 heavy (non-hydrogen) atoms. The van der Waals surface area contributed by atoms with Crippen LogP contribution in [0, 0.1) is 12.3 Å². The van der Waals surface area contributed by atoms with Crippen molar-refractivity contribution in [3.05, 3.63) is 95.7 Å². The van der Waals surface area contributed by atoms with Crippen LogP contribution in [-0.4, -0.2) is 17.5 Å². The van der Waals surface area contributed by atoms with E-state index in [1.165, 1.54) is 0 Å². The van der Waals surface area contributed by atoms with Crippen molar-refractivity contribution in [2.45, 2.75) is 29.6 Å². The molecule has 4 rings (SSSR count). The number of oxime groups is 1. The summed E-state index contributed by atoms with van der Waals surface area (Å²) >= 11 is 1.58. The highest BCUT2D eigenvalue weighted by atomic mass is 32.2. The van der Waals surface area contributed by atoms with Crippen molar-refractivity contribution < 1.29 is 21.7 Å². The van der Waals surface area contributed by atoms with Gasteiger partial charge in [0.05, 0.1) is 5.71 Å². The average Bonchev–Trinajstić information content (AvgIpc) is 3.31. The lowest BCUT2D eigenvalue weighted by Gasteiger charge is -2.07. The third kappa shape index (κ3) is 5.45. The molecule has 0 aliphatic heterocycles. The molecule has 172 valence electrons. The summed E-state index contributed by atoms with van der Waals surface area (Å²) in [6.07, 6.45) is 6.52. The molecule has 0 bridgehead atoms. The maximum absolute atomic E-state index is 12.8. The molecule has 0 unspecified atom stereocenters. The predicted octanol–water partition coefficient (Wildman–Crippen LogP) is 6.99. The summed E-state index contributed by atoms with van der Waals surface area (Å²) < 4.78 is 5.69. The minimum absolute atomic E-state index is 0. The molecule has 4 aromatic rings. The molecule has 0 fully saturated rings. The molecule has 0 spiro atoms. The molecule has 0 saturated heterocycles. The lowest BCUT2D eigenvalue weighted by atomic mass is 10.1. The van der Waals surface area contributed by atoms with Gasteiger partial charge in [-0.1, -0.05) is 60.6 Å². The molecule has 0 aliphatic rings. The Morgan fingerprint density at radius 1 is 1.00 bits per heavy atom. The van der Waals surface area contributed by atoms with E-state index in [2.05, 4.69) is 5.16 Å². The smallest absolute Gasteiger partial charge is 0.410 e. The Balaban J connectivity index is 0.00000228. The van der Waals surface area contributed by atoms with Crippen LogP contribution < -0.4 is 0 Å². The standard InChI is InChI=1S/C28H21NO4S.2H2/c1-3-7-24(29-33-27(30)4-2)19-10-14-22(15-11-19)34-23-16-12-20(13-17-23)28(31)26-18-21-8-5-6-9-25(21)32-26;;/h2,5-6,8-18H,3,7H2,1H3;2*1H/b29-24+;;. The van der Waals surface area contributed by atoms with E-state index >= 15 is 0 Å². The van der Waals surface area contributed by atoms with Gasteiger partial charge in [-0.05, 0) is 60.5 Å². The van der Waals surface area contributed by atoms with Crippen LogP contribution in [0.25, 0.3) is 11.0 Å². The van der Waals surface area contributed by atoms with Crippen LogP contribution in [0.2, 0.25) is 0 Å². The van der Waals surface area contributed by atoms with Gasteiger partial charge < -0.3 is 9.25 Å². The van der Waals surface area contributed by atoms with E-state index in [0.717, 1.165) is 27.2 Å². The van der Waals surface area contributed by atoms with Crippen LogP contribution in [0.4, 0.5) is 0 Å². The number of rotatable bonds is 8. The van der Waals surface area contributed by atoms with Gasteiger partial charge in [-0.3, -0.25) is 4.79 Å². The van der Waals surface area contributed by atoms with Gasteiger partial charge in [-0.2, -0.15) is 0 Å². The first-order valence-electron chi connectivity index (χ1n) is 10.7. The monoisotopic (exact) mass is 471 g/mol. The van der Waals surface area contributed by atoms with Gasteiger partial charge in [-0.15, -0.1) is 6.42 Å². The first-order valence-corrected chi connectivity index (χ1v) is 11.5. The summed E-state index contributed by atoms with van der Waals surface area (Å²) in [7, 11) is 0. The van der Waals surface area contributed by atoms with Crippen LogP contribution in [0.3, 0.4) is 0 Å². The molecule has 5 nitrogen and oxygen atoms in total. The van der Waals surface area contributed by atoms with Crippen LogP contribution >= 0.6 is 11.8 Å². The number of fused-ring (bicyclic) bond motifs is 1. The third-order valence-electron chi connectivity index (χ3n) is 5.03. The normalized spacial score (nSPS) is 11.2. The van der Waals surface area contributed by atoms with Gasteiger partial charge in [0.15, 0.2) is 5.76 Å². The van der Waals surface area contributed by atoms with E-state index in [-0.39, 0.29) is 8.64 Å². The van der Waals surface area contributed by atoms with Crippen molar-refractivity contribution in [1.82, 2.24) is 0 Å². The minimum Gasteiger partial charge on any atom is -0.453 e. The molecule has 0 radical (unpaired) electrons. The van der Waals surface area contributed by atoms with Crippen molar-refractivity contribution in [2.24, 2.45) is 5.16 Å². The summed E-state index contributed by atoms with van der Waals surface area (Å²) in [6.45, 7) is 2.02. The number of carbonyl (C=O) groups excluding carboxylic acids is 2. The molecule has 0 atom stereocenters. The van der Waals surface area contributed by atoms with Gasteiger partial charge in [0.1, 0.15) is 5.58 Å². The van der Waals surface area contributed by atoms with E-state index in [0.29, 0.717) is 29.0 Å². The topological polar surface area (TPSA) is 68.9 Å². The number of terminal acetylenes is 1. The van der Waals surface area contributed by atoms with Crippen LogP contribution in [0.5, 0.6) is 0 Å². The second-order valence-electron chi connectivity index (χ2n) is 7.44. The predicted molar refractivity (Wildman–Crippen MR) is 137 cm³/mol. The van der Waals surface area contributed by atoms with Gasteiger partial charge in [-0.25, -0.2) is 4.79 Å². The number of benzene rings is 3. The number of furan rings is 1. The maximum Gasteiger partial charge on any atom is 0.410 e. The Morgan fingerprint density at radius 3 is 2.26 bits per heavy atom. The van der Waals surface area contributed by atoms with E-state index < -0.39 is 5.97 Å². The zero-order valence-electron chi connectivity index (χ0n) is 18.5. The number of hydrogen-bond donors (Lipinski definition) is 0. The molecule has 3 aromatic carbocycles. The van der Waals surface area contributed by atoms with Crippen molar-refractivity contribution >= 4 is 40.2 Å². The Labute approximate surface area is 204 Å². The van der Waals surface area contributed by atoms with E-state index in [4.69, 9.17) is 15.7 Å². The van der Waals surface area contributed by atoms with Crippen LogP contribution in [0.1, 0.15) is 44.3 Å². The van der Waals surface area contributed by atoms with Crippen molar-refractivity contribution in [3.8, 4) is 12.3 Å². The average molecular weight is 472 g/mol. The second kappa shape index (κ2) is 10.7. The zero-order chi connectivity index (χ0) is 23.9. The minimum atomic E-state index is -0.817. The highest BCUT2D eigenvalue weighted by Gasteiger charge is 2.14. The van der Waals surface area contributed by atoms with E-state index in [9.17, 15) is 9.59 Å². The van der Waals surface area contributed by atoms with Gasteiger partial charge >= 0.3 is 5.97 Å². The summed E-state index contributed by atoms with van der Waals surface area (Å²) in [5, 5.41) is 4.82. The molecular weight excluding hydrogens is 446 g/mol. The van der Waals surface area contributed by atoms with Crippen LogP contribution in [-0.2, 0) is 9.63 Å². The fourth-order valence-electron chi connectivity index (χ4n) is 3.36. The molecular formula is C28H25NO4S. The summed E-state index contributed by atoms with van der Waals surface area (Å²) in [6, 6.07) is 24.6. The fraction of sp³-hybridized carbons (Fsp3) is 0.107. The van der Waals surface area contributed by atoms with Gasteiger partial charge in [0.2, 0.25) is 5.78 Å². The largest absolute Gasteiger partial charge is 0.453 e. The quantitative estimate of drug-likeness (QED) is 0.0911. The fourth-order valence-corrected chi connectivity index (χ4v) is 4.18. The molecule has 1 heterocycles. The molecule has 0 saturated carbocycles. The summed E-state index contributed by atoms with van der Waals surface area (Å²) in [5.74, 6) is 1.24. The maximum atomic E-state index is 12.8. The highest BCUT2D eigenvalue weighted by molar-refractivity contribution is 7.99. The SMILES string of the molecule is C#CC(=O)O/N=C(\CCC)c1ccc(Sc2ccc(C(=O)c3cc4ccccc4o3)cc2)cc1.[HH].[HH]. The number of carbonyl (C=O) groups is 2. The Hall–Kier alpha value is -4.08. The summed E-state index contributed by atoms with van der Waals surface area (Å²) in [4.78, 5) is 30.8. The zero-order valence-corrected chi connectivity index (χ0v) is 19.3. The third-order valence-corrected chi connectivity index (χ3v) is 6.05. The number of ketones is 1. The second-order valence-corrected chi connectivity index (χ2v) is 8.59. The van der Waals surface area contributed by atoms with Gasteiger partial charge in [0, 0.05) is 29.5 Å². The van der Waals surface area contributed by atoms with E-state index in [1.54, 1.807) is 30.0 Å². The van der Waals surface area contributed by atoms with Crippen molar-refractivity contribution in [3.63, 3.8) is 0 Å². The highest BCUT2D eigenvalue weighted by Crippen LogP contribution is 2.29. The number of nitrogens with zero attached hydrogens (tertiary/aromatic N) is 1. The molecule has 1 aromatic heterocycles. The van der Waals surface area contributed by atoms with Crippen molar-refractivity contribution in [2.75, 3.05) is 0 Å². The van der Waals surface area contributed by atoms with Crippen molar-refractivity contribution in [1.29, 1.82) is 0 Å². The first-order chi connectivity index (χ1) is 16.6. The van der Waals surface area contributed by atoms with Gasteiger partial charge in [0.25, 0.3) is 0 Å². The number of para-hydroxylation sites is 1. The van der Waals surface area contributed by atoms with Crippen LogP contribution in [0.15, 0.2) is 98.2 Å². The van der Waals surface area contributed by atoms with E-state index in [1.807, 2.05) is 73.5 Å². The molecule has 0 amide bonds. The Bertz CT molecular complexity index is 1370. The molecule has 0 aliphatic carbocycles. The molecule has 6 heteroatoms. The Morgan fingerprint density at radius 2 is 1.65 bits per heavy atom. The molecule has 0 N–H and O–H groups in total. The number of hydrogen-bond acceptors (Lipinski definition) is 6. The summed E-state index contributed by atoms with van der Waals surface area (Å²) in [5.41, 5.74) is 2.79. The first kappa shape index (κ1) is 23.1. The Kier molecular flexibility index (Phi) is 7.26. The lowest BCUT2D eigenvalue weighted by Crippen LogP contribution is -2.04. The lowest BCUT2D eigenvalue weighted by molar-refractivity contribution is -0.136.